The summed E-state index contributed by atoms with van der Waals surface area (Å²) in [6, 6.07) is 0. The standard InChI is InChI=1S/C23H13F34O4PS2/c24-8(25,10(28,29)12(32,33)14(36,37)16(40,41)18(44,45)20(48,49)22(52,53)54)1-3-63-7(5-60-62(58,59)61-6-7)64-4-2-9(26,27)11(30,31)13(34,35)15(38,39)17(42,43)19(46,47)21(50,51)23(55,56)57/h1-6H2,(H,58,59). The third-order valence-electron chi connectivity index (χ3n) is 8.03. The lowest BCUT2D eigenvalue weighted by Crippen LogP contribution is -2.74. The molecule has 0 saturated carbocycles. The first-order chi connectivity index (χ1) is 27.3. The normalized spacial score (nSPS) is 19.3. The van der Waals surface area contributed by atoms with E-state index in [0.717, 1.165) is 0 Å². The number of hydrogen-bond acceptors (Lipinski definition) is 5. The van der Waals surface area contributed by atoms with E-state index < -0.39 is 168 Å². The third kappa shape index (κ3) is 8.95. The number of alkyl halides is 34. The molecule has 0 bridgehead atoms. The highest BCUT2D eigenvalue weighted by Gasteiger charge is 2.97. The van der Waals surface area contributed by atoms with E-state index in [0.29, 0.717) is 0 Å². The highest BCUT2D eigenvalue weighted by molar-refractivity contribution is 8.18. The fourth-order valence-corrected chi connectivity index (χ4v) is 8.14. The van der Waals surface area contributed by atoms with Crippen LogP contribution in [0.15, 0.2) is 0 Å². The monoisotopic (exact) mass is 1090 g/mol. The van der Waals surface area contributed by atoms with E-state index in [2.05, 4.69) is 9.05 Å². The number of phosphoric acid groups is 1. The van der Waals surface area contributed by atoms with Crippen LogP contribution in [0.4, 0.5) is 149 Å². The Balaban J connectivity index is 3.52. The molecule has 4 nitrogen and oxygen atoms in total. The van der Waals surface area contributed by atoms with Crippen molar-refractivity contribution >= 4 is 31.3 Å². The second kappa shape index (κ2) is 16.5. The van der Waals surface area contributed by atoms with Crippen molar-refractivity contribution in [3.05, 3.63) is 0 Å². The first kappa shape index (κ1) is 60.4. The average molecular weight is 1090 g/mol. The van der Waals surface area contributed by atoms with E-state index in [-0.39, 0.29) is 0 Å². The Hall–Kier alpha value is -1.57. The van der Waals surface area contributed by atoms with Crippen LogP contribution in [-0.4, -0.2) is 129 Å². The summed E-state index contributed by atoms with van der Waals surface area (Å²) in [5, 5.41) is 0. The average Bonchev–Trinajstić information content (AvgIpc) is 3.07. The van der Waals surface area contributed by atoms with Gasteiger partial charge in [-0.2, -0.15) is 149 Å². The zero-order chi connectivity index (χ0) is 52.1. The summed E-state index contributed by atoms with van der Waals surface area (Å²) in [6.07, 6.45) is -22.9. The quantitative estimate of drug-likeness (QED) is 0.0745. The Bertz CT molecular complexity index is 1590. The van der Waals surface area contributed by atoms with E-state index in [9.17, 15) is 159 Å². The summed E-state index contributed by atoms with van der Waals surface area (Å²) in [5.41, 5.74) is 0. The van der Waals surface area contributed by atoms with E-state index in [4.69, 9.17) is 0 Å². The van der Waals surface area contributed by atoms with Crippen LogP contribution >= 0.6 is 31.3 Å². The summed E-state index contributed by atoms with van der Waals surface area (Å²) < 4.78 is 476. The molecule has 41 heteroatoms. The second-order valence-corrected chi connectivity index (χ2v) is 17.1. The van der Waals surface area contributed by atoms with Gasteiger partial charge in [-0.05, 0) is 0 Å². The molecule has 1 aliphatic heterocycles. The Labute approximate surface area is 336 Å². The van der Waals surface area contributed by atoms with Crippen LogP contribution in [0.1, 0.15) is 12.8 Å². The van der Waals surface area contributed by atoms with Crippen LogP contribution < -0.4 is 0 Å². The summed E-state index contributed by atoms with van der Waals surface area (Å²) in [6.45, 7) is -3.79. The maximum Gasteiger partial charge on any atom is 0.472 e. The minimum Gasteiger partial charge on any atom is -0.302 e. The number of phosphoric ester groups is 1. The molecular formula is C23H13F34O4PS2. The van der Waals surface area contributed by atoms with Crippen molar-refractivity contribution in [2.24, 2.45) is 0 Å². The Kier molecular flexibility index (Phi) is 15.6. The van der Waals surface area contributed by atoms with Gasteiger partial charge in [-0.25, -0.2) is 4.57 Å². The first-order valence-electron chi connectivity index (χ1n) is 14.7. The van der Waals surface area contributed by atoms with Gasteiger partial charge in [-0.1, -0.05) is 0 Å². The fraction of sp³-hybridized carbons (Fsp3) is 1.00. The largest absolute Gasteiger partial charge is 0.472 e. The van der Waals surface area contributed by atoms with Crippen LogP contribution in [0.3, 0.4) is 0 Å². The Morgan fingerprint density at radius 3 is 0.750 bits per heavy atom. The van der Waals surface area contributed by atoms with Crippen LogP contribution in [0.2, 0.25) is 0 Å². The minimum atomic E-state index is -9.06. The molecular weight excluding hydrogens is 1080 g/mol. The maximum absolute atomic E-state index is 14.4. The zero-order valence-corrected chi connectivity index (χ0v) is 31.1. The number of halogens is 34. The molecule has 0 spiro atoms. The molecule has 1 saturated heterocycles. The molecule has 0 aliphatic carbocycles. The summed E-state index contributed by atoms with van der Waals surface area (Å²) in [5.74, 6) is -124. The smallest absolute Gasteiger partial charge is 0.302 e. The maximum atomic E-state index is 14.4. The van der Waals surface area contributed by atoms with Gasteiger partial charge in [0, 0.05) is 24.3 Å². The number of hydrogen-bond donors (Lipinski definition) is 1. The van der Waals surface area contributed by atoms with Crippen LogP contribution in [-0.2, 0) is 13.6 Å². The Morgan fingerprint density at radius 1 is 0.359 bits per heavy atom. The molecule has 0 aromatic carbocycles. The van der Waals surface area contributed by atoms with E-state index >= 15 is 0 Å². The molecule has 1 rings (SSSR count). The number of thioether (sulfide) groups is 2. The van der Waals surface area contributed by atoms with Crippen molar-refractivity contribution in [3.8, 4) is 0 Å². The number of rotatable bonds is 20. The third-order valence-corrected chi connectivity index (χ3v) is 12.0. The van der Waals surface area contributed by atoms with Crippen LogP contribution in [0.25, 0.3) is 0 Å². The molecule has 0 radical (unpaired) electrons. The SMILES string of the molecule is O=P1(O)OCC(SCCC(F)(F)C(F)(F)C(F)(F)C(F)(F)C(F)(F)C(F)(F)C(F)(F)C(F)(F)F)(SCCC(F)(F)C(F)(F)C(F)(F)C(F)(F)C(F)(F)C(F)(F)C(F)(F)C(F)(F)F)CO1. The van der Waals surface area contributed by atoms with Crippen molar-refractivity contribution in [2.45, 2.75) is 112 Å². The topological polar surface area (TPSA) is 55.8 Å². The van der Waals surface area contributed by atoms with Crippen LogP contribution in [0, 0.1) is 0 Å². The van der Waals surface area contributed by atoms with Gasteiger partial charge in [0.05, 0.1) is 13.2 Å². The van der Waals surface area contributed by atoms with Crippen molar-refractivity contribution in [1.29, 1.82) is 0 Å². The highest BCUT2D eigenvalue weighted by Crippen LogP contribution is 2.67. The molecule has 0 aromatic heterocycles. The summed E-state index contributed by atoms with van der Waals surface area (Å²) in [4.78, 5) is 9.19. The molecule has 1 aliphatic rings. The van der Waals surface area contributed by atoms with Gasteiger partial charge in [0.2, 0.25) is 0 Å². The molecule has 1 N–H and O–H groups in total. The van der Waals surface area contributed by atoms with Crippen LogP contribution in [0.5, 0.6) is 0 Å². The van der Waals surface area contributed by atoms with E-state index in [1.165, 1.54) is 0 Å². The van der Waals surface area contributed by atoms with Gasteiger partial charge >= 0.3 is 103 Å². The predicted octanol–water partition coefficient (Wildman–Crippen LogP) is 13.1. The predicted molar refractivity (Wildman–Crippen MR) is 140 cm³/mol. The van der Waals surface area contributed by atoms with Gasteiger partial charge < -0.3 is 4.89 Å². The second-order valence-electron chi connectivity index (χ2n) is 12.4. The summed E-state index contributed by atoms with van der Waals surface area (Å²) in [7, 11) is -5.48. The molecule has 1 fully saturated rings. The summed E-state index contributed by atoms with van der Waals surface area (Å²) >= 11 is -1.81. The van der Waals surface area contributed by atoms with Gasteiger partial charge in [0.1, 0.15) is 4.08 Å². The highest BCUT2D eigenvalue weighted by atomic mass is 32.2. The Morgan fingerprint density at radius 2 is 0.547 bits per heavy atom. The lowest BCUT2D eigenvalue weighted by molar-refractivity contribution is -0.461. The molecule has 0 amide bonds. The van der Waals surface area contributed by atoms with Crippen molar-refractivity contribution in [2.75, 3.05) is 24.7 Å². The van der Waals surface area contributed by atoms with Gasteiger partial charge in [-0.3, -0.25) is 9.05 Å². The van der Waals surface area contributed by atoms with Crippen molar-refractivity contribution < 1.29 is 168 Å². The van der Waals surface area contributed by atoms with Gasteiger partial charge in [0.15, 0.2) is 0 Å². The van der Waals surface area contributed by atoms with E-state index in [1.807, 2.05) is 0 Å². The molecule has 0 atom stereocenters. The zero-order valence-electron chi connectivity index (χ0n) is 28.5. The van der Waals surface area contributed by atoms with E-state index in [1.54, 1.807) is 0 Å². The molecule has 0 aromatic rings. The minimum absolute atomic E-state index is 0.903. The molecule has 64 heavy (non-hydrogen) atoms. The first-order valence-corrected chi connectivity index (χ1v) is 18.1. The van der Waals surface area contributed by atoms with Crippen molar-refractivity contribution in [3.63, 3.8) is 0 Å². The lowest BCUT2D eigenvalue weighted by Gasteiger charge is -2.43. The molecule has 384 valence electrons. The lowest BCUT2D eigenvalue weighted by atomic mass is 9.88. The molecule has 1 heterocycles. The van der Waals surface area contributed by atoms with Gasteiger partial charge in [0.25, 0.3) is 0 Å². The fourth-order valence-electron chi connectivity index (χ4n) is 4.08. The van der Waals surface area contributed by atoms with Gasteiger partial charge in [-0.15, -0.1) is 23.5 Å². The van der Waals surface area contributed by atoms with Crippen molar-refractivity contribution in [1.82, 2.24) is 0 Å². The molecule has 0 unspecified atom stereocenters.